The highest BCUT2D eigenvalue weighted by atomic mass is 19.4. The van der Waals surface area contributed by atoms with Gasteiger partial charge in [0.25, 0.3) is 0 Å². The van der Waals surface area contributed by atoms with E-state index in [0.29, 0.717) is 30.3 Å². The van der Waals surface area contributed by atoms with Crippen molar-refractivity contribution in [2.45, 2.75) is 45.7 Å². The van der Waals surface area contributed by atoms with Crippen LogP contribution in [0.4, 0.5) is 13.2 Å². The second-order valence-electron chi connectivity index (χ2n) is 5.76. The SMILES string of the molecule is CCCCOc1cc(OCCCC)cc(-c2cc(C(F)(F)F)[nH]n2)c1. The predicted octanol–water partition coefficient (Wildman–Crippen LogP) is 5.45. The molecule has 2 rings (SSSR count). The van der Waals surface area contributed by atoms with Gasteiger partial charge >= 0.3 is 6.18 Å². The van der Waals surface area contributed by atoms with Crippen molar-refractivity contribution in [3.05, 3.63) is 30.0 Å². The molecule has 0 aliphatic heterocycles. The van der Waals surface area contributed by atoms with E-state index in [9.17, 15) is 13.2 Å². The Morgan fingerprint density at radius 1 is 0.920 bits per heavy atom. The molecule has 1 aromatic carbocycles. The molecule has 0 aliphatic rings. The lowest BCUT2D eigenvalue weighted by Gasteiger charge is -2.11. The molecule has 0 spiro atoms. The van der Waals surface area contributed by atoms with Gasteiger partial charge in [-0.3, -0.25) is 5.10 Å². The highest BCUT2D eigenvalue weighted by molar-refractivity contribution is 5.64. The third kappa shape index (κ3) is 5.69. The summed E-state index contributed by atoms with van der Waals surface area (Å²) < 4.78 is 49.7. The highest BCUT2D eigenvalue weighted by Gasteiger charge is 2.33. The number of hydrogen-bond donors (Lipinski definition) is 1. The molecule has 1 heterocycles. The van der Waals surface area contributed by atoms with Crippen LogP contribution in [-0.4, -0.2) is 23.4 Å². The summed E-state index contributed by atoms with van der Waals surface area (Å²) in [6.45, 7) is 5.20. The second-order valence-corrected chi connectivity index (χ2v) is 5.76. The number of nitrogens with zero attached hydrogens (tertiary/aromatic N) is 1. The van der Waals surface area contributed by atoms with Crippen molar-refractivity contribution in [3.63, 3.8) is 0 Å². The third-order valence-electron chi connectivity index (χ3n) is 3.59. The standard InChI is InChI=1S/C18H23F3N2O2/c1-3-5-7-24-14-9-13(10-15(11-14)25-8-6-4-2)16-12-17(23-22-16)18(19,20)21/h9-12H,3-8H2,1-2H3,(H,22,23). The number of nitrogens with one attached hydrogen (secondary N) is 1. The van der Waals surface area contributed by atoms with Crippen molar-refractivity contribution in [2.24, 2.45) is 0 Å². The van der Waals surface area contributed by atoms with Gasteiger partial charge in [-0.2, -0.15) is 18.3 Å². The van der Waals surface area contributed by atoms with Gasteiger partial charge in [0.05, 0.1) is 18.9 Å². The minimum Gasteiger partial charge on any atom is -0.493 e. The molecule has 1 N–H and O–H groups in total. The minimum absolute atomic E-state index is 0.202. The fraction of sp³-hybridized carbons (Fsp3) is 0.500. The van der Waals surface area contributed by atoms with E-state index in [0.717, 1.165) is 31.7 Å². The van der Waals surface area contributed by atoms with E-state index in [1.54, 1.807) is 18.2 Å². The predicted molar refractivity (Wildman–Crippen MR) is 89.8 cm³/mol. The molecule has 138 valence electrons. The van der Waals surface area contributed by atoms with Crippen LogP contribution in [0.5, 0.6) is 11.5 Å². The Labute approximate surface area is 145 Å². The molecule has 4 nitrogen and oxygen atoms in total. The molecule has 0 bridgehead atoms. The molecule has 0 fully saturated rings. The van der Waals surface area contributed by atoms with Crippen LogP contribution in [0.15, 0.2) is 24.3 Å². The molecular weight excluding hydrogens is 333 g/mol. The van der Waals surface area contributed by atoms with Gasteiger partial charge in [-0.15, -0.1) is 0 Å². The van der Waals surface area contributed by atoms with Gasteiger partial charge < -0.3 is 9.47 Å². The number of alkyl halides is 3. The van der Waals surface area contributed by atoms with Gasteiger partial charge in [0.1, 0.15) is 17.2 Å². The molecule has 0 unspecified atom stereocenters. The first-order valence-corrected chi connectivity index (χ1v) is 8.47. The molecule has 0 atom stereocenters. The lowest BCUT2D eigenvalue weighted by molar-refractivity contribution is -0.141. The topological polar surface area (TPSA) is 47.1 Å². The third-order valence-corrected chi connectivity index (χ3v) is 3.59. The molecule has 0 saturated heterocycles. The van der Waals surface area contributed by atoms with Crippen molar-refractivity contribution in [3.8, 4) is 22.8 Å². The maximum atomic E-state index is 12.8. The smallest absolute Gasteiger partial charge is 0.432 e. The molecule has 1 aromatic heterocycles. The van der Waals surface area contributed by atoms with Crippen molar-refractivity contribution in [1.82, 2.24) is 10.2 Å². The molecule has 7 heteroatoms. The monoisotopic (exact) mass is 356 g/mol. The summed E-state index contributed by atoms with van der Waals surface area (Å²) in [5.41, 5.74) is -0.158. The van der Waals surface area contributed by atoms with E-state index in [1.165, 1.54) is 0 Å². The number of H-pyrrole nitrogens is 1. The molecule has 0 radical (unpaired) electrons. The molecule has 0 saturated carbocycles. The van der Waals surface area contributed by atoms with Crippen LogP contribution in [0.1, 0.15) is 45.2 Å². The van der Waals surface area contributed by atoms with Crippen LogP contribution in [0.2, 0.25) is 0 Å². The fourth-order valence-corrected chi connectivity index (χ4v) is 2.17. The summed E-state index contributed by atoms with van der Waals surface area (Å²) in [7, 11) is 0. The van der Waals surface area contributed by atoms with Crippen LogP contribution >= 0.6 is 0 Å². The number of aromatic amines is 1. The lowest BCUT2D eigenvalue weighted by atomic mass is 10.1. The van der Waals surface area contributed by atoms with E-state index in [-0.39, 0.29) is 5.69 Å². The minimum atomic E-state index is -4.46. The molecular formula is C18H23F3N2O2. The molecule has 25 heavy (non-hydrogen) atoms. The highest BCUT2D eigenvalue weighted by Crippen LogP contribution is 2.33. The zero-order valence-electron chi connectivity index (χ0n) is 14.4. The average Bonchev–Trinajstić information content (AvgIpc) is 3.06. The van der Waals surface area contributed by atoms with Crippen molar-refractivity contribution >= 4 is 0 Å². The van der Waals surface area contributed by atoms with E-state index < -0.39 is 11.9 Å². The largest absolute Gasteiger partial charge is 0.493 e. The van der Waals surface area contributed by atoms with E-state index in [4.69, 9.17) is 9.47 Å². The number of rotatable bonds is 9. The van der Waals surface area contributed by atoms with Gasteiger partial charge in [-0.1, -0.05) is 26.7 Å². The van der Waals surface area contributed by atoms with Gasteiger partial charge in [-0.25, -0.2) is 0 Å². The summed E-state index contributed by atoms with van der Waals surface area (Å²) in [6.07, 6.45) is -0.670. The first-order chi connectivity index (χ1) is 11.9. The van der Waals surface area contributed by atoms with Crippen LogP contribution in [-0.2, 0) is 6.18 Å². The van der Waals surface area contributed by atoms with Gasteiger partial charge in [0, 0.05) is 11.6 Å². The lowest BCUT2D eigenvalue weighted by Crippen LogP contribution is -2.04. The molecule has 0 amide bonds. The summed E-state index contributed by atoms with van der Waals surface area (Å²) in [6, 6.07) is 6.10. The summed E-state index contributed by atoms with van der Waals surface area (Å²) in [5, 5.41) is 5.80. The van der Waals surface area contributed by atoms with E-state index in [1.807, 2.05) is 5.10 Å². The fourth-order valence-electron chi connectivity index (χ4n) is 2.17. The Bertz CT molecular complexity index is 640. The number of ether oxygens (including phenoxy) is 2. The first kappa shape index (κ1) is 19.1. The van der Waals surface area contributed by atoms with Crippen LogP contribution in [0.3, 0.4) is 0 Å². The molecule has 0 aliphatic carbocycles. The number of halogens is 3. The zero-order chi connectivity index (χ0) is 18.3. The van der Waals surface area contributed by atoms with Gasteiger partial charge in [0.2, 0.25) is 0 Å². The number of hydrogen-bond acceptors (Lipinski definition) is 3. The molecule has 2 aromatic rings. The second kappa shape index (κ2) is 8.78. The van der Waals surface area contributed by atoms with E-state index in [2.05, 4.69) is 18.9 Å². The van der Waals surface area contributed by atoms with Gasteiger partial charge in [-0.05, 0) is 31.0 Å². The van der Waals surface area contributed by atoms with Gasteiger partial charge in [0.15, 0.2) is 0 Å². The Kier molecular flexibility index (Phi) is 6.73. The van der Waals surface area contributed by atoms with E-state index >= 15 is 0 Å². The quantitative estimate of drug-likeness (QED) is 0.608. The Balaban J connectivity index is 2.26. The number of aromatic nitrogens is 2. The Morgan fingerprint density at radius 3 is 1.92 bits per heavy atom. The van der Waals surface area contributed by atoms with Crippen molar-refractivity contribution in [2.75, 3.05) is 13.2 Å². The number of unbranched alkanes of at least 4 members (excludes halogenated alkanes) is 2. The first-order valence-electron chi connectivity index (χ1n) is 8.47. The average molecular weight is 356 g/mol. The van der Waals surface area contributed by atoms with Crippen molar-refractivity contribution in [1.29, 1.82) is 0 Å². The zero-order valence-corrected chi connectivity index (χ0v) is 14.4. The van der Waals surface area contributed by atoms with Crippen molar-refractivity contribution < 1.29 is 22.6 Å². The Hall–Kier alpha value is -2.18. The Morgan fingerprint density at radius 2 is 1.48 bits per heavy atom. The van der Waals surface area contributed by atoms with Crippen LogP contribution in [0.25, 0.3) is 11.3 Å². The van der Waals surface area contributed by atoms with Crippen LogP contribution < -0.4 is 9.47 Å². The maximum Gasteiger partial charge on any atom is 0.432 e. The van der Waals surface area contributed by atoms with Crippen LogP contribution in [0, 0.1) is 0 Å². The number of benzene rings is 1. The summed E-state index contributed by atoms with van der Waals surface area (Å²) >= 11 is 0. The summed E-state index contributed by atoms with van der Waals surface area (Å²) in [5.74, 6) is 1.13. The maximum absolute atomic E-state index is 12.8. The summed E-state index contributed by atoms with van der Waals surface area (Å²) in [4.78, 5) is 0. The normalized spacial score (nSPS) is 11.6.